The van der Waals surface area contributed by atoms with Crippen molar-refractivity contribution in [3.8, 4) is 0 Å². The minimum Gasteiger partial charge on any atom is -0.370 e. The van der Waals surface area contributed by atoms with Gasteiger partial charge in [-0.2, -0.15) is 13.2 Å². The molecule has 120 valence electrons. The van der Waals surface area contributed by atoms with Gasteiger partial charge >= 0.3 is 6.18 Å². The Morgan fingerprint density at radius 2 is 1.81 bits per heavy atom. The molecular formula is C14H23F3N4. The van der Waals surface area contributed by atoms with Crippen LogP contribution in [0.2, 0.25) is 0 Å². The zero-order valence-corrected chi connectivity index (χ0v) is 12.7. The van der Waals surface area contributed by atoms with Crippen molar-refractivity contribution in [2.45, 2.75) is 58.7 Å². The maximum Gasteiger partial charge on any atom is 0.451 e. The fourth-order valence-electron chi connectivity index (χ4n) is 1.83. The van der Waals surface area contributed by atoms with Gasteiger partial charge in [-0.25, -0.2) is 9.97 Å². The highest BCUT2D eigenvalue weighted by molar-refractivity contribution is 5.48. The molecular weight excluding hydrogens is 281 g/mol. The van der Waals surface area contributed by atoms with Gasteiger partial charge in [-0.05, 0) is 19.8 Å². The molecule has 1 atom stereocenters. The molecule has 1 heterocycles. The second kappa shape index (κ2) is 8.05. The van der Waals surface area contributed by atoms with Gasteiger partial charge < -0.3 is 10.6 Å². The van der Waals surface area contributed by atoms with E-state index in [1.165, 1.54) is 6.07 Å². The van der Waals surface area contributed by atoms with Gasteiger partial charge in [-0.3, -0.25) is 0 Å². The van der Waals surface area contributed by atoms with Crippen molar-refractivity contribution in [1.29, 1.82) is 0 Å². The van der Waals surface area contributed by atoms with Crippen molar-refractivity contribution < 1.29 is 13.2 Å². The van der Waals surface area contributed by atoms with Gasteiger partial charge in [0.15, 0.2) is 0 Å². The summed E-state index contributed by atoms with van der Waals surface area (Å²) < 4.78 is 38.5. The van der Waals surface area contributed by atoms with Crippen LogP contribution in [0.25, 0.3) is 0 Å². The van der Waals surface area contributed by atoms with Crippen LogP contribution in [0.4, 0.5) is 24.8 Å². The van der Waals surface area contributed by atoms with Crippen molar-refractivity contribution in [2.24, 2.45) is 0 Å². The maximum atomic E-state index is 12.8. The van der Waals surface area contributed by atoms with Gasteiger partial charge in [0, 0.05) is 18.7 Å². The summed E-state index contributed by atoms with van der Waals surface area (Å²) >= 11 is 0. The molecule has 0 bridgehead atoms. The highest BCUT2D eigenvalue weighted by Gasteiger charge is 2.35. The Bertz CT molecular complexity index is 435. The van der Waals surface area contributed by atoms with Gasteiger partial charge in [-0.15, -0.1) is 0 Å². The van der Waals surface area contributed by atoms with Crippen molar-refractivity contribution in [3.05, 3.63) is 11.9 Å². The van der Waals surface area contributed by atoms with Gasteiger partial charge in [0.2, 0.25) is 5.82 Å². The minimum atomic E-state index is -4.55. The lowest BCUT2D eigenvalue weighted by molar-refractivity contribution is -0.144. The molecule has 0 aliphatic rings. The molecule has 2 N–H and O–H groups in total. The Balaban J connectivity index is 2.90. The summed E-state index contributed by atoms with van der Waals surface area (Å²) in [6.45, 7) is 6.51. The first-order chi connectivity index (χ1) is 9.86. The molecule has 7 heteroatoms. The summed E-state index contributed by atoms with van der Waals surface area (Å²) in [6, 6.07) is 1.59. The van der Waals surface area contributed by atoms with Crippen LogP contribution in [-0.4, -0.2) is 22.6 Å². The van der Waals surface area contributed by atoms with E-state index in [0.29, 0.717) is 6.54 Å². The molecule has 21 heavy (non-hydrogen) atoms. The van der Waals surface area contributed by atoms with E-state index < -0.39 is 12.0 Å². The van der Waals surface area contributed by atoms with Crippen LogP contribution in [0, 0.1) is 0 Å². The lowest BCUT2D eigenvalue weighted by Gasteiger charge is -2.16. The zero-order chi connectivity index (χ0) is 15.9. The quantitative estimate of drug-likeness (QED) is 0.751. The monoisotopic (exact) mass is 304 g/mol. The summed E-state index contributed by atoms with van der Waals surface area (Å²) in [5.74, 6) is -0.710. The Morgan fingerprint density at radius 3 is 2.38 bits per heavy atom. The molecule has 0 aliphatic heterocycles. The molecule has 1 rings (SSSR count). The van der Waals surface area contributed by atoms with Crippen LogP contribution >= 0.6 is 0 Å². The van der Waals surface area contributed by atoms with Gasteiger partial charge in [0.05, 0.1) is 0 Å². The molecule has 0 saturated heterocycles. The van der Waals surface area contributed by atoms with Crippen LogP contribution in [0.3, 0.4) is 0 Å². The fourth-order valence-corrected chi connectivity index (χ4v) is 1.83. The van der Waals surface area contributed by atoms with Gasteiger partial charge in [-0.1, -0.05) is 26.7 Å². The Labute approximate surface area is 123 Å². The lowest BCUT2D eigenvalue weighted by Crippen LogP contribution is -2.19. The molecule has 0 fully saturated rings. The molecule has 1 aromatic rings. The number of hydrogen-bond donors (Lipinski definition) is 2. The first-order valence-corrected chi connectivity index (χ1v) is 7.33. The third-order valence-corrected chi connectivity index (χ3v) is 2.92. The molecule has 0 saturated carbocycles. The number of anilines is 2. The first-order valence-electron chi connectivity index (χ1n) is 7.33. The Hall–Kier alpha value is -1.53. The predicted octanol–water partition coefficient (Wildman–Crippen LogP) is 4.31. The molecule has 0 radical (unpaired) electrons. The van der Waals surface area contributed by atoms with E-state index in [-0.39, 0.29) is 17.7 Å². The second-order valence-corrected chi connectivity index (χ2v) is 5.07. The third kappa shape index (κ3) is 6.18. The van der Waals surface area contributed by atoms with E-state index in [4.69, 9.17) is 0 Å². The van der Waals surface area contributed by atoms with Gasteiger partial charge in [0.25, 0.3) is 0 Å². The van der Waals surface area contributed by atoms with E-state index in [1.807, 2.05) is 13.8 Å². The van der Waals surface area contributed by atoms with Crippen LogP contribution in [-0.2, 0) is 6.18 Å². The van der Waals surface area contributed by atoms with E-state index >= 15 is 0 Å². The molecule has 0 spiro atoms. The number of unbranched alkanes of at least 4 members (excludes halogenated alkanes) is 1. The summed E-state index contributed by atoms with van der Waals surface area (Å²) in [7, 11) is 0. The second-order valence-electron chi connectivity index (χ2n) is 5.07. The first kappa shape index (κ1) is 17.5. The van der Waals surface area contributed by atoms with E-state index in [2.05, 4.69) is 27.5 Å². The smallest absolute Gasteiger partial charge is 0.370 e. The fraction of sp³-hybridized carbons (Fsp3) is 0.714. The minimum absolute atomic E-state index is 0.0694. The number of hydrogen-bond acceptors (Lipinski definition) is 4. The summed E-state index contributed by atoms with van der Waals surface area (Å²) in [5, 5.41) is 5.89. The Morgan fingerprint density at radius 1 is 1.14 bits per heavy atom. The van der Waals surface area contributed by atoms with Crippen molar-refractivity contribution >= 4 is 11.6 Å². The largest absolute Gasteiger partial charge is 0.451 e. The molecule has 0 aliphatic carbocycles. The lowest BCUT2D eigenvalue weighted by atomic mass is 10.1. The number of alkyl halides is 3. The van der Waals surface area contributed by atoms with E-state index in [9.17, 15) is 13.2 Å². The van der Waals surface area contributed by atoms with Crippen LogP contribution < -0.4 is 10.6 Å². The molecule has 1 aromatic heterocycles. The van der Waals surface area contributed by atoms with Crippen LogP contribution in [0.1, 0.15) is 52.3 Å². The zero-order valence-electron chi connectivity index (χ0n) is 12.7. The van der Waals surface area contributed by atoms with Crippen molar-refractivity contribution in [2.75, 3.05) is 17.2 Å². The number of halogens is 3. The number of nitrogens with zero attached hydrogens (tertiary/aromatic N) is 2. The predicted molar refractivity (Wildman–Crippen MR) is 78.4 cm³/mol. The number of nitrogens with one attached hydrogen (secondary N) is 2. The summed E-state index contributed by atoms with van der Waals surface area (Å²) in [6.07, 6.45) is -0.785. The molecule has 1 unspecified atom stereocenters. The molecule has 0 amide bonds. The number of aromatic nitrogens is 2. The molecule has 4 nitrogen and oxygen atoms in total. The van der Waals surface area contributed by atoms with Crippen molar-refractivity contribution in [3.63, 3.8) is 0 Å². The SMILES string of the molecule is CCCCC(C)Nc1cc(NCCC)nc(C(F)(F)F)n1. The normalized spacial score (nSPS) is 13.0. The summed E-state index contributed by atoms with van der Waals surface area (Å²) in [5.41, 5.74) is 0. The maximum absolute atomic E-state index is 12.8. The highest BCUT2D eigenvalue weighted by atomic mass is 19.4. The number of rotatable bonds is 8. The standard InChI is InChI=1S/C14H23F3N4/c1-4-6-7-10(3)19-12-9-11(18-8-5-2)20-13(21-12)14(15,16)17/h9-10H,4-8H2,1-3H3,(H2,18,19,20,21). The average molecular weight is 304 g/mol. The van der Waals surface area contributed by atoms with Gasteiger partial charge in [0.1, 0.15) is 11.6 Å². The average Bonchev–Trinajstić information content (AvgIpc) is 2.41. The topological polar surface area (TPSA) is 49.8 Å². The third-order valence-electron chi connectivity index (χ3n) is 2.92. The summed E-state index contributed by atoms with van der Waals surface area (Å²) in [4.78, 5) is 7.10. The van der Waals surface area contributed by atoms with Crippen LogP contribution in [0.15, 0.2) is 6.07 Å². The molecule has 0 aromatic carbocycles. The highest BCUT2D eigenvalue weighted by Crippen LogP contribution is 2.28. The van der Waals surface area contributed by atoms with E-state index in [1.54, 1.807) is 0 Å². The van der Waals surface area contributed by atoms with E-state index in [0.717, 1.165) is 25.7 Å². The van der Waals surface area contributed by atoms with Crippen molar-refractivity contribution in [1.82, 2.24) is 9.97 Å². The van der Waals surface area contributed by atoms with Crippen LogP contribution in [0.5, 0.6) is 0 Å². The Kier molecular flexibility index (Phi) is 6.71.